The molecule has 3 aromatic heterocycles. The van der Waals surface area contributed by atoms with Crippen LogP contribution in [0.1, 0.15) is 23.7 Å². The number of fused-ring (bicyclic) bond motifs is 1. The summed E-state index contributed by atoms with van der Waals surface area (Å²) in [6.07, 6.45) is 8.20. The zero-order valence-corrected chi connectivity index (χ0v) is 16.9. The number of likely N-dealkylation sites (tertiary alicyclic amines) is 1. The van der Waals surface area contributed by atoms with Crippen LogP contribution >= 0.6 is 0 Å². The van der Waals surface area contributed by atoms with E-state index in [0.29, 0.717) is 6.54 Å². The van der Waals surface area contributed by atoms with E-state index in [1.807, 2.05) is 31.5 Å². The van der Waals surface area contributed by atoms with E-state index >= 15 is 0 Å². The average molecular weight is 421 g/mol. The summed E-state index contributed by atoms with van der Waals surface area (Å²) in [7, 11) is 0. The molecule has 4 heterocycles. The molecule has 1 aliphatic heterocycles. The van der Waals surface area contributed by atoms with Crippen LogP contribution in [0.15, 0.2) is 55.1 Å². The first kappa shape index (κ1) is 19.4. The van der Waals surface area contributed by atoms with Crippen LogP contribution in [0.25, 0.3) is 22.2 Å². The Kier molecular flexibility index (Phi) is 4.77. The molecular formula is C23H21F2N5O. The lowest BCUT2D eigenvalue weighted by Crippen LogP contribution is -2.34. The Morgan fingerprint density at radius 3 is 2.94 bits per heavy atom. The first-order valence-electron chi connectivity index (χ1n) is 10.2. The van der Waals surface area contributed by atoms with Crippen LogP contribution in [0.5, 0.6) is 0 Å². The summed E-state index contributed by atoms with van der Waals surface area (Å²) >= 11 is 0. The van der Waals surface area contributed by atoms with E-state index in [9.17, 15) is 13.6 Å². The minimum absolute atomic E-state index is 0.0483. The molecule has 4 aromatic rings. The number of nitrogens with zero attached hydrogens (tertiary/aromatic N) is 4. The largest absolute Gasteiger partial charge is 0.346 e. The van der Waals surface area contributed by atoms with Gasteiger partial charge in [0, 0.05) is 42.5 Å². The highest BCUT2D eigenvalue weighted by Gasteiger charge is 2.34. The van der Waals surface area contributed by atoms with E-state index in [2.05, 4.69) is 19.7 Å². The van der Waals surface area contributed by atoms with E-state index in [1.165, 1.54) is 12.1 Å². The van der Waals surface area contributed by atoms with Gasteiger partial charge in [-0.15, -0.1) is 0 Å². The molecule has 6 nitrogen and oxygen atoms in total. The third-order valence-corrected chi connectivity index (χ3v) is 6.01. The van der Waals surface area contributed by atoms with Crippen molar-refractivity contribution >= 4 is 16.8 Å². The molecule has 1 amide bonds. The Balaban J connectivity index is 1.34. The zero-order chi connectivity index (χ0) is 21.5. The fourth-order valence-electron chi connectivity index (χ4n) is 4.46. The van der Waals surface area contributed by atoms with Gasteiger partial charge in [-0.25, -0.2) is 8.78 Å². The van der Waals surface area contributed by atoms with Gasteiger partial charge in [0.25, 0.3) is 5.91 Å². The van der Waals surface area contributed by atoms with Crippen LogP contribution in [0, 0.1) is 17.6 Å². The summed E-state index contributed by atoms with van der Waals surface area (Å²) in [5.74, 6) is -2.34. The number of benzene rings is 1. The minimum atomic E-state index is -1.08. The van der Waals surface area contributed by atoms with Crippen molar-refractivity contribution in [3.05, 3.63) is 72.3 Å². The second kappa shape index (κ2) is 7.61. The standard InChI is InChI=1S/C23H21F2N5O/c1-14-7-15(13-30(14)23(31)18-3-2-4-19(24)22(18)25)12-29-6-5-16-8-20(26-11-21(16)29)17-9-27-28-10-17/h2-6,8-11,14-15H,7,12-13H2,1H3,(H,27,28)/t14-,15+/m1/s1. The van der Waals surface area contributed by atoms with Crippen LogP contribution in [0.3, 0.4) is 0 Å². The van der Waals surface area contributed by atoms with Gasteiger partial charge in [0.2, 0.25) is 0 Å². The molecule has 1 N–H and O–H groups in total. The molecule has 8 heteroatoms. The number of hydrogen-bond acceptors (Lipinski definition) is 3. The predicted octanol–water partition coefficient (Wildman–Crippen LogP) is 4.26. The van der Waals surface area contributed by atoms with Gasteiger partial charge >= 0.3 is 0 Å². The van der Waals surface area contributed by atoms with E-state index in [0.717, 1.165) is 41.2 Å². The summed E-state index contributed by atoms with van der Waals surface area (Å²) in [6, 6.07) is 7.74. The number of pyridine rings is 1. The van der Waals surface area contributed by atoms with Crippen LogP contribution in [0.4, 0.5) is 8.78 Å². The summed E-state index contributed by atoms with van der Waals surface area (Å²) in [5, 5.41) is 7.84. The number of carbonyl (C=O) groups is 1. The molecule has 0 radical (unpaired) electrons. The zero-order valence-electron chi connectivity index (χ0n) is 16.9. The minimum Gasteiger partial charge on any atom is -0.346 e. The number of halogens is 2. The molecule has 1 aromatic carbocycles. The Hall–Kier alpha value is -3.55. The molecule has 1 fully saturated rings. The second-order valence-corrected chi connectivity index (χ2v) is 8.09. The Labute approximate surface area is 177 Å². The lowest BCUT2D eigenvalue weighted by atomic mass is 10.1. The van der Waals surface area contributed by atoms with E-state index in [1.54, 1.807) is 17.3 Å². The van der Waals surface area contributed by atoms with Crippen LogP contribution < -0.4 is 0 Å². The van der Waals surface area contributed by atoms with Gasteiger partial charge in [0.15, 0.2) is 11.6 Å². The number of carbonyl (C=O) groups excluding carboxylic acids is 1. The summed E-state index contributed by atoms with van der Waals surface area (Å²) in [4.78, 5) is 19.0. The molecule has 0 unspecified atom stereocenters. The Bertz CT molecular complexity index is 1250. The molecule has 0 saturated carbocycles. The highest BCUT2D eigenvalue weighted by molar-refractivity contribution is 5.95. The number of nitrogens with one attached hydrogen (secondary N) is 1. The molecule has 158 valence electrons. The van der Waals surface area contributed by atoms with E-state index in [-0.39, 0.29) is 17.5 Å². The summed E-state index contributed by atoms with van der Waals surface area (Å²) < 4.78 is 29.8. The van der Waals surface area contributed by atoms with Crippen LogP contribution in [-0.4, -0.2) is 43.1 Å². The molecule has 1 saturated heterocycles. The van der Waals surface area contributed by atoms with Crippen molar-refractivity contribution in [3.8, 4) is 11.3 Å². The SMILES string of the molecule is C[C@@H]1C[C@@H](Cn2ccc3cc(-c4cn[nH]c4)ncc32)CN1C(=O)c1cccc(F)c1F. The molecule has 2 atom stereocenters. The first-order valence-corrected chi connectivity index (χ1v) is 10.2. The molecule has 31 heavy (non-hydrogen) atoms. The maximum absolute atomic E-state index is 14.1. The smallest absolute Gasteiger partial charge is 0.257 e. The summed E-state index contributed by atoms with van der Waals surface area (Å²) in [6.45, 7) is 3.16. The third kappa shape index (κ3) is 3.48. The van der Waals surface area contributed by atoms with Crippen LogP contribution in [0.2, 0.25) is 0 Å². The Morgan fingerprint density at radius 2 is 2.13 bits per heavy atom. The molecule has 1 aliphatic rings. The van der Waals surface area contributed by atoms with Crippen molar-refractivity contribution in [2.45, 2.75) is 25.9 Å². The highest BCUT2D eigenvalue weighted by Crippen LogP contribution is 2.29. The molecule has 5 rings (SSSR count). The summed E-state index contributed by atoms with van der Waals surface area (Å²) in [5.41, 5.74) is 2.58. The van der Waals surface area contributed by atoms with Crippen molar-refractivity contribution < 1.29 is 13.6 Å². The number of aromatic amines is 1. The van der Waals surface area contributed by atoms with Crippen molar-refractivity contribution in [1.29, 1.82) is 0 Å². The van der Waals surface area contributed by atoms with Gasteiger partial charge in [-0.2, -0.15) is 5.10 Å². The second-order valence-electron chi connectivity index (χ2n) is 8.09. The maximum atomic E-state index is 14.1. The maximum Gasteiger partial charge on any atom is 0.257 e. The first-order chi connectivity index (χ1) is 15.0. The monoisotopic (exact) mass is 421 g/mol. The van der Waals surface area contributed by atoms with Crippen LogP contribution in [-0.2, 0) is 6.54 Å². The Morgan fingerprint density at radius 1 is 1.26 bits per heavy atom. The fraction of sp³-hybridized carbons (Fsp3) is 0.261. The average Bonchev–Trinajstić information content (AvgIpc) is 3.50. The number of amides is 1. The van der Waals surface area contributed by atoms with Gasteiger partial charge in [0.05, 0.1) is 29.2 Å². The number of hydrogen-bond donors (Lipinski definition) is 1. The van der Waals surface area contributed by atoms with Gasteiger partial charge in [0.1, 0.15) is 0 Å². The van der Waals surface area contributed by atoms with Crippen molar-refractivity contribution in [2.24, 2.45) is 5.92 Å². The fourth-order valence-corrected chi connectivity index (χ4v) is 4.46. The third-order valence-electron chi connectivity index (χ3n) is 6.01. The molecular weight excluding hydrogens is 400 g/mol. The molecule has 0 bridgehead atoms. The lowest BCUT2D eigenvalue weighted by molar-refractivity contribution is 0.0736. The van der Waals surface area contributed by atoms with E-state index < -0.39 is 17.5 Å². The van der Waals surface area contributed by atoms with Crippen molar-refractivity contribution in [3.63, 3.8) is 0 Å². The topological polar surface area (TPSA) is 66.8 Å². The van der Waals surface area contributed by atoms with E-state index in [4.69, 9.17) is 0 Å². The van der Waals surface area contributed by atoms with Gasteiger partial charge < -0.3 is 9.47 Å². The normalized spacial score (nSPS) is 18.7. The highest BCUT2D eigenvalue weighted by atomic mass is 19.2. The predicted molar refractivity (Wildman–Crippen MR) is 112 cm³/mol. The quantitative estimate of drug-likeness (QED) is 0.536. The number of aromatic nitrogens is 4. The van der Waals surface area contributed by atoms with Crippen molar-refractivity contribution in [2.75, 3.05) is 6.54 Å². The van der Waals surface area contributed by atoms with Gasteiger partial charge in [-0.1, -0.05) is 6.07 Å². The van der Waals surface area contributed by atoms with Gasteiger partial charge in [-0.3, -0.25) is 14.9 Å². The number of H-pyrrole nitrogens is 1. The molecule has 0 spiro atoms. The molecule has 0 aliphatic carbocycles. The van der Waals surface area contributed by atoms with Gasteiger partial charge in [-0.05, 0) is 43.5 Å². The lowest BCUT2D eigenvalue weighted by Gasteiger charge is -2.22. The van der Waals surface area contributed by atoms with Crippen molar-refractivity contribution in [1.82, 2.24) is 24.6 Å². The number of rotatable bonds is 4.